The molecule has 0 spiro atoms. The Morgan fingerprint density at radius 1 is 1.35 bits per heavy atom. The van der Waals surface area contributed by atoms with Crippen LogP contribution in [-0.4, -0.2) is 18.3 Å². The fraction of sp³-hybridized carbons (Fsp3) is 0.200. The number of nitrogens with two attached hydrogens (primary N) is 1. The zero-order valence-corrected chi connectivity index (χ0v) is 8.52. The third-order valence-corrected chi connectivity index (χ3v) is 1.73. The van der Waals surface area contributed by atoms with Gasteiger partial charge in [0.05, 0.1) is 0 Å². The molecule has 0 fully saturated rings. The molecule has 0 saturated heterocycles. The van der Waals surface area contributed by atoms with E-state index in [0.29, 0.717) is 5.56 Å². The normalized spacial score (nSPS) is 13.6. The summed E-state index contributed by atoms with van der Waals surface area (Å²) in [7, 11) is 0. The van der Waals surface area contributed by atoms with Crippen molar-refractivity contribution in [1.29, 1.82) is 0 Å². The first kappa shape index (κ1) is 13.0. The van der Waals surface area contributed by atoms with Crippen molar-refractivity contribution >= 4 is 12.1 Å². The molecule has 1 amide bonds. The minimum Gasteiger partial charge on any atom is -0.378 e. The lowest BCUT2D eigenvalue weighted by molar-refractivity contribution is -0.130. The number of carbonyl (C=O) groups excluding carboxylic acids is 1. The molecule has 2 N–H and O–H groups in total. The van der Waals surface area contributed by atoms with Crippen LogP contribution in [0.5, 0.6) is 0 Å². The van der Waals surface area contributed by atoms with Crippen LogP contribution in [0.1, 0.15) is 11.7 Å². The maximum absolute atomic E-state index is 11.8. The highest BCUT2D eigenvalue weighted by Crippen LogP contribution is 2.18. The molecule has 1 atom stereocenters. The minimum absolute atomic E-state index is 0.333. The molecule has 1 unspecified atom stereocenters. The van der Waals surface area contributed by atoms with Crippen molar-refractivity contribution in [3.05, 3.63) is 35.9 Å². The second-order valence-electron chi connectivity index (χ2n) is 3.07. The van der Waals surface area contributed by atoms with E-state index in [0.717, 1.165) is 0 Å². The number of nitrogens with zero attached hydrogens (tertiary/aromatic N) is 1. The molecule has 1 rings (SSSR count). The molecule has 0 aliphatic carbocycles. The first-order chi connectivity index (χ1) is 7.90. The van der Waals surface area contributed by atoms with Crippen molar-refractivity contribution in [2.75, 3.05) is 0 Å². The van der Waals surface area contributed by atoms with Crippen LogP contribution in [0.15, 0.2) is 35.5 Å². The third-order valence-electron chi connectivity index (χ3n) is 1.73. The highest BCUT2D eigenvalue weighted by atomic mass is 19.4. The van der Waals surface area contributed by atoms with E-state index in [9.17, 15) is 18.0 Å². The van der Waals surface area contributed by atoms with Gasteiger partial charge in [-0.15, -0.1) is 0 Å². The zero-order chi connectivity index (χ0) is 12.9. The van der Waals surface area contributed by atoms with Crippen molar-refractivity contribution < 1.29 is 22.8 Å². The predicted octanol–water partition coefficient (Wildman–Crippen LogP) is 1.78. The third kappa shape index (κ3) is 4.54. The van der Waals surface area contributed by atoms with E-state index in [1.165, 1.54) is 12.1 Å². The molecule has 0 heterocycles. The Kier molecular flexibility index (Phi) is 4.08. The van der Waals surface area contributed by atoms with Crippen LogP contribution in [0, 0.1) is 0 Å². The van der Waals surface area contributed by atoms with Gasteiger partial charge in [0.15, 0.2) is 0 Å². The Hall–Kier alpha value is -2.05. The molecular weight excluding hydrogens is 237 g/mol. The highest BCUT2D eigenvalue weighted by Gasteiger charge is 2.25. The van der Waals surface area contributed by atoms with Gasteiger partial charge in [0, 0.05) is 5.56 Å². The largest absolute Gasteiger partial charge is 0.429 e. The molecule has 17 heavy (non-hydrogen) atoms. The Labute approximate surface area is 94.9 Å². The summed E-state index contributed by atoms with van der Waals surface area (Å²) >= 11 is 0. The lowest BCUT2D eigenvalue weighted by Gasteiger charge is -2.11. The molecule has 0 saturated carbocycles. The standard InChI is InChI=1S/C10H9F3N2O2/c11-10(12,13)6-15-17-8(9(14)16)7-4-2-1-3-5-7/h1-6,8H,(H2,14,16). The first-order valence-corrected chi connectivity index (χ1v) is 4.51. The number of carbonyl (C=O) groups is 1. The number of hydrogen-bond acceptors (Lipinski definition) is 3. The maximum Gasteiger partial charge on any atom is 0.429 e. The van der Waals surface area contributed by atoms with Crippen molar-refractivity contribution in [3.63, 3.8) is 0 Å². The van der Waals surface area contributed by atoms with Crippen molar-refractivity contribution in [3.8, 4) is 0 Å². The van der Waals surface area contributed by atoms with Crippen LogP contribution in [-0.2, 0) is 9.63 Å². The SMILES string of the molecule is NC(=O)C(ON=CC(F)(F)F)c1ccccc1. The number of rotatable bonds is 4. The van der Waals surface area contributed by atoms with E-state index in [1.54, 1.807) is 18.2 Å². The lowest BCUT2D eigenvalue weighted by Crippen LogP contribution is -2.23. The molecule has 0 bridgehead atoms. The summed E-state index contributed by atoms with van der Waals surface area (Å²) in [4.78, 5) is 15.4. The monoisotopic (exact) mass is 246 g/mol. The van der Waals surface area contributed by atoms with Gasteiger partial charge in [-0.25, -0.2) is 0 Å². The summed E-state index contributed by atoms with van der Waals surface area (Å²) in [5, 5.41) is 2.69. The van der Waals surface area contributed by atoms with Crippen LogP contribution >= 0.6 is 0 Å². The second-order valence-corrected chi connectivity index (χ2v) is 3.07. The number of alkyl halides is 3. The Balaban J connectivity index is 2.76. The number of primary amides is 1. The molecule has 4 nitrogen and oxygen atoms in total. The van der Waals surface area contributed by atoms with Gasteiger partial charge in [-0.3, -0.25) is 4.79 Å². The maximum atomic E-state index is 11.8. The van der Waals surface area contributed by atoms with Gasteiger partial charge in [-0.1, -0.05) is 35.5 Å². The summed E-state index contributed by atoms with van der Waals surface area (Å²) in [6.45, 7) is 0. The topological polar surface area (TPSA) is 64.7 Å². The molecule has 92 valence electrons. The Bertz CT molecular complexity index is 404. The quantitative estimate of drug-likeness (QED) is 0.650. The number of amides is 1. The van der Waals surface area contributed by atoms with Gasteiger partial charge in [0.2, 0.25) is 6.10 Å². The van der Waals surface area contributed by atoms with Crippen molar-refractivity contribution in [2.24, 2.45) is 10.9 Å². The number of benzene rings is 1. The van der Waals surface area contributed by atoms with Crippen LogP contribution in [0.4, 0.5) is 13.2 Å². The van der Waals surface area contributed by atoms with Crippen molar-refractivity contribution in [1.82, 2.24) is 0 Å². The average molecular weight is 246 g/mol. The van der Waals surface area contributed by atoms with Gasteiger partial charge < -0.3 is 10.6 Å². The van der Waals surface area contributed by atoms with Gasteiger partial charge in [-0.05, 0) is 0 Å². The zero-order valence-electron chi connectivity index (χ0n) is 8.52. The molecule has 1 aromatic rings. The molecule has 0 radical (unpaired) electrons. The van der Waals surface area contributed by atoms with Gasteiger partial charge in [0.1, 0.15) is 6.21 Å². The van der Waals surface area contributed by atoms with Gasteiger partial charge in [-0.2, -0.15) is 13.2 Å². The summed E-state index contributed by atoms with van der Waals surface area (Å²) in [6, 6.07) is 7.88. The molecule has 7 heteroatoms. The van der Waals surface area contributed by atoms with Crippen LogP contribution < -0.4 is 5.73 Å². The van der Waals surface area contributed by atoms with Crippen LogP contribution in [0.25, 0.3) is 0 Å². The summed E-state index contributed by atoms with van der Waals surface area (Å²) in [5.74, 6) is -0.921. The van der Waals surface area contributed by atoms with E-state index in [1.807, 2.05) is 0 Å². The Morgan fingerprint density at radius 3 is 2.41 bits per heavy atom. The molecule has 1 aromatic carbocycles. The van der Waals surface area contributed by atoms with E-state index in [4.69, 9.17) is 5.73 Å². The van der Waals surface area contributed by atoms with E-state index >= 15 is 0 Å². The molecule has 0 aromatic heterocycles. The second kappa shape index (κ2) is 5.33. The first-order valence-electron chi connectivity index (χ1n) is 4.51. The highest BCUT2D eigenvalue weighted by molar-refractivity contribution is 5.80. The van der Waals surface area contributed by atoms with E-state index in [2.05, 4.69) is 9.99 Å². The van der Waals surface area contributed by atoms with Gasteiger partial charge in [0.25, 0.3) is 5.91 Å². The van der Waals surface area contributed by atoms with E-state index < -0.39 is 18.2 Å². The number of halogens is 3. The summed E-state index contributed by atoms with van der Waals surface area (Å²) in [6.07, 6.45) is -6.29. The fourth-order valence-electron chi connectivity index (χ4n) is 1.06. The van der Waals surface area contributed by atoms with Crippen LogP contribution in [0.3, 0.4) is 0 Å². The van der Waals surface area contributed by atoms with Crippen molar-refractivity contribution in [2.45, 2.75) is 12.3 Å². The fourth-order valence-corrected chi connectivity index (χ4v) is 1.06. The lowest BCUT2D eigenvalue weighted by atomic mass is 10.1. The average Bonchev–Trinajstić information content (AvgIpc) is 2.23. The molecule has 0 aliphatic heterocycles. The van der Waals surface area contributed by atoms with E-state index in [-0.39, 0.29) is 6.21 Å². The van der Waals surface area contributed by atoms with Crippen LogP contribution in [0.2, 0.25) is 0 Å². The predicted molar refractivity (Wildman–Crippen MR) is 54.0 cm³/mol. The smallest absolute Gasteiger partial charge is 0.378 e. The molecule has 0 aliphatic rings. The number of hydrogen-bond donors (Lipinski definition) is 1. The summed E-state index contributed by atoms with van der Waals surface area (Å²) < 4.78 is 35.3. The minimum atomic E-state index is -4.60. The summed E-state index contributed by atoms with van der Waals surface area (Å²) in [5.41, 5.74) is 5.33. The molecular formula is C10H9F3N2O2. The Morgan fingerprint density at radius 2 is 1.94 bits per heavy atom. The van der Waals surface area contributed by atoms with Gasteiger partial charge >= 0.3 is 6.18 Å². The number of oxime groups is 1.